The Balaban J connectivity index is 2.28. The molecule has 2 heterocycles. The molecule has 68 valence electrons. The molecule has 0 bridgehead atoms. The van der Waals surface area contributed by atoms with E-state index in [4.69, 9.17) is 0 Å². The van der Waals surface area contributed by atoms with Crippen LogP contribution in [0.25, 0.3) is 0 Å². The Labute approximate surface area is 83.8 Å². The van der Waals surface area contributed by atoms with E-state index >= 15 is 0 Å². The van der Waals surface area contributed by atoms with Crippen LogP contribution in [0.1, 0.15) is 21.4 Å². The summed E-state index contributed by atoms with van der Waals surface area (Å²) < 4.78 is 3.71. The van der Waals surface area contributed by atoms with E-state index in [0.717, 1.165) is 10.4 Å². The number of hydrogen-bond acceptors (Lipinski definition) is 5. The number of hydrogen-bond donors (Lipinski definition) is 1. The van der Waals surface area contributed by atoms with Gasteiger partial charge in [0.25, 0.3) is 0 Å². The van der Waals surface area contributed by atoms with Gasteiger partial charge in [0, 0.05) is 4.88 Å². The molecule has 0 aliphatic carbocycles. The van der Waals surface area contributed by atoms with Gasteiger partial charge in [-0.1, -0.05) is 4.49 Å². The molecule has 2 rings (SSSR count). The SMILES string of the molecule is Cc1cc(C(O)c2cnns2)cs1. The number of thiophene rings is 1. The van der Waals surface area contributed by atoms with E-state index in [0.29, 0.717) is 0 Å². The lowest BCUT2D eigenvalue weighted by Crippen LogP contribution is -1.94. The number of nitrogens with zero attached hydrogens (tertiary/aromatic N) is 2. The van der Waals surface area contributed by atoms with E-state index in [2.05, 4.69) is 9.59 Å². The van der Waals surface area contributed by atoms with Crippen molar-refractivity contribution < 1.29 is 5.11 Å². The Bertz CT molecular complexity index is 383. The third-order valence-corrected chi connectivity index (χ3v) is 3.31. The molecular weight excluding hydrogens is 204 g/mol. The van der Waals surface area contributed by atoms with Gasteiger partial charge in [-0.3, -0.25) is 0 Å². The highest BCUT2D eigenvalue weighted by atomic mass is 32.1. The lowest BCUT2D eigenvalue weighted by atomic mass is 10.2. The van der Waals surface area contributed by atoms with Crippen LogP contribution in [0.5, 0.6) is 0 Å². The van der Waals surface area contributed by atoms with Gasteiger partial charge in [-0.2, -0.15) is 0 Å². The van der Waals surface area contributed by atoms with Crippen molar-refractivity contribution in [2.24, 2.45) is 0 Å². The number of rotatable bonds is 2. The standard InChI is InChI=1S/C8H8N2OS2/c1-5-2-6(4-12-5)8(11)7-3-9-10-13-7/h2-4,8,11H,1H3. The van der Waals surface area contributed by atoms with Gasteiger partial charge >= 0.3 is 0 Å². The summed E-state index contributed by atoms with van der Waals surface area (Å²) >= 11 is 2.86. The Morgan fingerprint density at radius 3 is 2.92 bits per heavy atom. The first-order valence-corrected chi connectivity index (χ1v) is 5.43. The minimum Gasteiger partial charge on any atom is -0.383 e. The van der Waals surface area contributed by atoms with Crippen LogP contribution in [0, 0.1) is 6.92 Å². The zero-order chi connectivity index (χ0) is 9.26. The Morgan fingerprint density at radius 1 is 1.54 bits per heavy atom. The molecule has 2 aromatic heterocycles. The summed E-state index contributed by atoms with van der Waals surface area (Å²) in [6, 6.07) is 1.98. The van der Waals surface area contributed by atoms with Crippen molar-refractivity contribution >= 4 is 22.9 Å². The summed E-state index contributed by atoms with van der Waals surface area (Å²) in [5.74, 6) is 0. The van der Waals surface area contributed by atoms with E-state index in [1.165, 1.54) is 16.4 Å². The minimum atomic E-state index is -0.565. The van der Waals surface area contributed by atoms with Gasteiger partial charge in [0.05, 0.1) is 11.1 Å². The Hall–Kier alpha value is -0.780. The van der Waals surface area contributed by atoms with Crippen molar-refractivity contribution in [3.63, 3.8) is 0 Å². The molecule has 0 amide bonds. The number of aliphatic hydroxyl groups is 1. The summed E-state index contributed by atoms with van der Waals surface area (Å²) in [5, 5.41) is 15.5. The average molecular weight is 212 g/mol. The van der Waals surface area contributed by atoms with Crippen molar-refractivity contribution in [3.05, 3.63) is 33.0 Å². The van der Waals surface area contributed by atoms with Gasteiger partial charge in [-0.05, 0) is 35.5 Å². The summed E-state index contributed by atoms with van der Waals surface area (Å²) in [4.78, 5) is 1.99. The van der Waals surface area contributed by atoms with Crippen molar-refractivity contribution in [2.75, 3.05) is 0 Å². The van der Waals surface area contributed by atoms with Crippen LogP contribution >= 0.6 is 22.9 Å². The van der Waals surface area contributed by atoms with Crippen LogP contribution in [0.4, 0.5) is 0 Å². The fraction of sp³-hybridized carbons (Fsp3) is 0.250. The monoisotopic (exact) mass is 212 g/mol. The maximum Gasteiger partial charge on any atom is 0.117 e. The molecular formula is C8H8N2OS2. The smallest absolute Gasteiger partial charge is 0.117 e. The van der Waals surface area contributed by atoms with E-state index in [9.17, 15) is 5.11 Å². The molecule has 5 heteroatoms. The molecule has 0 aliphatic heterocycles. The zero-order valence-electron chi connectivity index (χ0n) is 6.97. The summed E-state index contributed by atoms with van der Waals surface area (Å²) in [7, 11) is 0. The maximum absolute atomic E-state index is 9.83. The number of aromatic nitrogens is 2. The Kier molecular flexibility index (Phi) is 2.39. The topological polar surface area (TPSA) is 46.0 Å². The minimum absolute atomic E-state index is 0.565. The fourth-order valence-corrected chi connectivity index (χ4v) is 2.31. The van der Waals surface area contributed by atoms with Gasteiger partial charge in [0.1, 0.15) is 6.10 Å². The van der Waals surface area contributed by atoms with Gasteiger partial charge in [-0.15, -0.1) is 16.4 Å². The number of aryl methyl sites for hydroxylation is 1. The van der Waals surface area contributed by atoms with Crippen LogP contribution in [-0.4, -0.2) is 14.7 Å². The first kappa shape index (κ1) is 8.80. The highest BCUT2D eigenvalue weighted by Gasteiger charge is 2.13. The van der Waals surface area contributed by atoms with Crippen LogP contribution in [0.2, 0.25) is 0 Å². The number of aliphatic hydroxyl groups excluding tert-OH is 1. The second-order valence-electron chi connectivity index (χ2n) is 2.71. The molecule has 1 N–H and O–H groups in total. The van der Waals surface area contributed by atoms with Gasteiger partial charge in [0.2, 0.25) is 0 Å². The second kappa shape index (κ2) is 3.53. The molecule has 0 spiro atoms. The van der Waals surface area contributed by atoms with E-state index < -0.39 is 6.10 Å². The molecule has 1 unspecified atom stereocenters. The van der Waals surface area contributed by atoms with Crippen LogP contribution in [0.15, 0.2) is 17.6 Å². The van der Waals surface area contributed by atoms with E-state index in [-0.39, 0.29) is 0 Å². The molecule has 13 heavy (non-hydrogen) atoms. The third kappa shape index (κ3) is 1.77. The van der Waals surface area contributed by atoms with Crippen LogP contribution in [0.3, 0.4) is 0 Å². The summed E-state index contributed by atoms with van der Waals surface area (Å²) in [6.07, 6.45) is 1.03. The van der Waals surface area contributed by atoms with Crippen molar-refractivity contribution in [3.8, 4) is 0 Å². The van der Waals surface area contributed by atoms with E-state index in [1.807, 2.05) is 18.4 Å². The summed E-state index contributed by atoms with van der Waals surface area (Å²) in [5.41, 5.74) is 0.925. The highest BCUT2D eigenvalue weighted by molar-refractivity contribution is 7.10. The highest BCUT2D eigenvalue weighted by Crippen LogP contribution is 2.26. The first-order valence-electron chi connectivity index (χ1n) is 3.77. The lowest BCUT2D eigenvalue weighted by molar-refractivity contribution is 0.224. The normalized spacial score (nSPS) is 13.1. The van der Waals surface area contributed by atoms with Gasteiger partial charge in [0.15, 0.2) is 0 Å². The molecule has 0 aromatic carbocycles. The van der Waals surface area contributed by atoms with Gasteiger partial charge < -0.3 is 5.11 Å². The molecule has 0 saturated carbocycles. The largest absolute Gasteiger partial charge is 0.383 e. The predicted octanol–water partition coefficient (Wildman–Crippen LogP) is 1.99. The van der Waals surface area contributed by atoms with Crippen LogP contribution < -0.4 is 0 Å². The molecule has 0 saturated heterocycles. The first-order chi connectivity index (χ1) is 6.27. The Morgan fingerprint density at radius 2 is 2.38 bits per heavy atom. The maximum atomic E-state index is 9.83. The van der Waals surface area contributed by atoms with Crippen LogP contribution in [-0.2, 0) is 0 Å². The van der Waals surface area contributed by atoms with Crippen molar-refractivity contribution in [2.45, 2.75) is 13.0 Å². The molecule has 1 atom stereocenters. The molecule has 0 radical (unpaired) electrons. The molecule has 3 nitrogen and oxygen atoms in total. The molecule has 0 fully saturated rings. The second-order valence-corrected chi connectivity index (χ2v) is 4.65. The summed E-state index contributed by atoms with van der Waals surface area (Å²) in [6.45, 7) is 2.02. The molecule has 2 aromatic rings. The third-order valence-electron chi connectivity index (χ3n) is 1.71. The lowest BCUT2D eigenvalue weighted by Gasteiger charge is -2.02. The van der Waals surface area contributed by atoms with Crippen molar-refractivity contribution in [1.29, 1.82) is 0 Å². The molecule has 0 aliphatic rings. The average Bonchev–Trinajstić information content (AvgIpc) is 2.72. The van der Waals surface area contributed by atoms with Gasteiger partial charge in [-0.25, -0.2) is 0 Å². The fourth-order valence-electron chi connectivity index (χ4n) is 1.07. The van der Waals surface area contributed by atoms with Crippen molar-refractivity contribution in [1.82, 2.24) is 9.59 Å². The predicted molar refractivity (Wildman–Crippen MR) is 53.0 cm³/mol. The zero-order valence-corrected chi connectivity index (χ0v) is 8.60. The van der Waals surface area contributed by atoms with E-state index in [1.54, 1.807) is 17.5 Å². The quantitative estimate of drug-likeness (QED) is 0.828.